The Morgan fingerprint density at radius 1 is 1.07 bits per heavy atom. The van der Waals surface area contributed by atoms with Crippen LogP contribution < -0.4 is 10.1 Å². The predicted octanol–water partition coefficient (Wildman–Crippen LogP) is 3.66. The van der Waals surface area contributed by atoms with Crippen LogP contribution in [0.4, 0.5) is 5.69 Å². The van der Waals surface area contributed by atoms with Crippen LogP contribution in [0, 0.1) is 0 Å². The third-order valence-corrected chi connectivity index (χ3v) is 4.77. The first-order valence-corrected chi connectivity index (χ1v) is 9.59. The molecule has 29 heavy (non-hydrogen) atoms. The summed E-state index contributed by atoms with van der Waals surface area (Å²) in [5.41, 5.74) is 2.52. The molecule has 150 valence electrons. The number of carbonyl (C=O) groups excluding carboxylic acids is 2. The molecule has 3 aromatic rings. The highest BCUT2D eigenvalue weighted by molar-refractivity contribution is 6.00. The Hall–Kier alpha value is -3.41. The van der Waals surface area contributed by atoms with Crippen LogP contribution in [0.1, 0.15) is 18.9 Å². The van der Waals surface area contributed by atoms with Crippen molar-refractivity contribution >= 4 is 28.4 Å². The Bertz CT molecular complexity index is 998. The zero-order valence-corrected chi connectivity index (χ0v) is 16.7. The minimum Gasteiger partial charge on any atom is -0.497 e. The van der Waals surface area contributed by atoms with E-state index in [-0.39, 0.29) is 18.2 Å². The molecular formula is C23H25N3O3. The smallest absolute Gasteiger partial charge is 0.226 e. The summed E-state index contributed by atoms with van der Waals surface area (Å²) < 4.78 is 5.24. The highest BCUT2D eigenvalue weighted by Crippen LogP contribution is 2.20. The van der Waals surface area contributed by atoms with E-state index in [9.17, 15) is 9.59 Å². The monoisotopic (exact) mass is 391 g/mol. The fraction of sp³-hybridized carbons (Fsp3) is 0.261. The fourth-order valence-corrected chi connectivity index (χ4v) is 3.17. The van der Waals surface area contributed by atoms with Crippen molar-refractivity contribution in [1.29, 1.82) is 0 Å². The molecule has 0 atom stereocenters. The van der Waals surface area contributed by atoms with Gasteiger partial charge in [0.05, 0.1) is 18.3 Å². The summed E-state index contributed by atoms with van der Waals surface area (Å²) in [5.74, 6) is 0.600. The molecule has 0 aliphatic carbocycles. The topological polar surface area (TPSA) is 71.5 Å². The second-order valence-corrected chi connectivity index (χ2v) is 6.79. The van der Waals surface area contributed by atoms with Gasteiger partial charge >= 0.3 is 0 Å². The van der Waals surface area contributed by atoms with Crippen LogP contribution in [0.5, 0.6) is 5.75 Å². The van der Waals surface area contributed by atoms with Crippen LogP contribution in [0.15, 0.2) is 60.8 Å². The number of fused-ring (bicyclic) bond motifs is 1. The van der Waals surface area contributed by atoms with E-state index in [0.717, 1.165) is 22.2 Å². The largest absolute Gasteiger partial charge is 0.497 e. The molecule has 6 heteroatoms. The van der Waals surface area contributed by atoms with Gasteiger partial charge in [-0.15, -0.1) is 0 Å². The Labute approximate surface area is 170 Å². The zero-order valence-electron chi connectivity index (χ0n) is 16.7. The van der Waals surface area contributed by atoms with Crippen molar-refractivity contribution in [2.45, 2.75) is 19.8 Å². The number of ether oxygens (including phenoxy) is 1. The second-order valence-electron chi connectivity index (χ2n) is 6.79. The van der Waals surface area contributed by atoms with Crippen LogP contribution in [0.3, 0.4) is 0 Å². The minimum atomic E-state index is -0.143. The molecule has 2 amide bonds. The summed E-state index contributed by atoms with van der Waals surface area (Å²) in [6.07, 6.45) is 2.63. The van der Waals surface area contributed by atoms with Crippen molar-refractivity contribution in [3.05, 3.63) is 66.4 Å². The number of nitrogens with one attached hydrogen (secondary N) is 1. The maximum absolute atomic E-state index is 12.4. The summed E-state index contributed by atoms with van der Waals surface area (Å²) >= 11 is 0. The van der Waals surface area contributed by atoms with Crippen molar-refractivity contribution in [2.75, 3.05) is 25.5 Å². The van der Waals surface area contributed by atoms with Gasteiger partial charge in [-0.3, -0.25) is 14.6 Å². The van der Waals surface area contributed by atoms with Gasteiger partial charge in [-0.2, -0.15) is 0 Å². The van der Waals surface area contributed by atoms with Gasteiger partial charge in [0, 0.05) is 38.0 Å². The Balaban J connectivity index is 1.56. The van der Waals surface area contributed by atoms with Gasteiger partial charge in [-0.05, 0) is 36.2 Å². The molecule has 3 rings (SSSR count). The van der Waals surface area contributed by atoms with Crippen LogP contribution in [0.2, 0.25) is 0 Å². The number of rotatable bonds is 8. The van der Waals surface area contributed by atoms with Gasteiger partial charge in [0.25, 0.3) is 0 Å². The predicted molar refractivity (Wildman–Crippen MR) is 114 cm³/mol. The first-order valence-electron chi connectivity index (χ1n) is 9.59. The van der Waals surface area contributed by atoms with E-state index in [1.165, 1.54) is 6.92 Å². The number of pyridine rings is 1. The molecule has 0 spiro atoms. The Morgan fingerprint density at radius 3 is 2.66 bits per heavy atom. The van der Waals surface area contributed by atoms with E-state index >= 15 is 0 Å². The lowest BCUT2D eigenvalue weighted by molar-refractivity contribution is -0.129. The van der Waals surface area contributed by atoms with Crippen molar-refractivity contribution in [2.24, 2.45) is 0 Å². The number of anilines is 1. The number of benzene rings is 2. The second kappa shape index (κ2) is 9.68. The molecular weight excluding hydrogens is 366 g/mol. The molecule has 0 aliphatic heterocycles. The first-order chi connectivity index (χ1) is 14.1. The third kappa shape index (κ3) is 5.54. The highest BCUT2D eigenvalue weighted by Gasteiger charge is 2.13. The normalized spacial score (nSPS) is 10.6. The highest BCUT2D eigenvalue weighted by atomic mass is 16.5. The first kappa shape index (κ1) is 20.3. The molecule has 6 nitrogen and oxygen atoms in total. The van der Waals surface area contributed by atoms with Crippen molar-refractivity contribution in [3.63, 3.8) is 0 Å². The SMILES string of the molecule is COc1cccc(CCN(CCC(=O)Nc2cccc3cccnc23)C(C)=O)c1. The van der Waals surface area contributed by atoms with E-state index in [1.54, 1.807) is 18.2 Å². The number of aromatic nitrogens is 1. The Morgan fingerprint density at radius 2 is 1.86 bits per heavy atom. The van der Waals surface area contributed by atoms with Crippen LogP contribution >= 0.6 is 0 Å². The van der Waals surface area contributed by atoms with Gasteiger partial charge in [-0.25, -0.2) is 0 Å². The van der Waals surface area contributed by atoms with Gasteiger partial charge in [0.15, 0.2) is 0 Å². The van der Waals surface area contributed by atoms with Gasteiger partial charge < -0.3 is 15.0 Å². The van der Waals surface area contributed by atoms with Crippen molar-refractivity contribution in [3.8, 4) is 5.75 Å². The minimum absolute atomic E-state index is 0.0486. The lowest BCUT2D eigenvalue weighted by Crippen LogP contribution is -2.33. The number of amides is 2. The number of carbonyl (C=O) groups is 2. The van der Waals surface area contributed by atoms with Crippen molar-refractivity contribution < 1.29 is 14.3 Å². The number of hydrogen-bond acceptors (Lipinski definition) is 4. The van der Waals surface area contributed by atoms with Gasteiger partial charge in [0.2, 0.25) is 11.8 Å². The van der Waals surface area contributed by atoms with Crippen LogP contribution in [-0.2, 0) is 16.0 Å². The molecule has 1 N–H and O–H groups in total. The lowest BCUT2D eigenvalue weighted by Gasteiger charge is -2.21. The summed E-state index contributed by atoms with van der Waals surface area (Å²) in [4.78, 5) is 30.5. The van der Waals surface area contributed by atoms with Gasteiger partial charge in [-0.1, -0.05) is 30.3 Å². The molecule has 0 radical (unpaired) electrons. The molecule has 1 heterocycles. The third-order valence-electron chi connectivity index (χ3n) is 4.77. The molecule has 0 aliphatic rings. The summed E-state index contributed by atoms with van der Waals surface area (Å²) in [5, 5.41) is 3.88. The maximum Gasteiger partial charge on any atom is 0.226 e. The van der Waals surface area contributed by atoms with Crippen LogP contribution in [0.25, 0.3) is 10.9 Å². The number of methoxy groups -OCH3 is 1. The molecule has 1 aromatic heterocycles. The average molecular weight is 391 g/mol. The molecule has 0 saturated heterocycles. The summed E-state index contributed by atoms with van der Waals surface area (Å²) in [6.45, 7) is 2.44. The van der Waals surface area contributed by atoms with E-state index in [4.69, 9.17) is 4.74 Å². The number of para-hydroxylation sites is 1. The molecule has 2 aromatic carbocycles. The molecule has 0 bridgehead atoms. The quantitative estimate of drug-likeness (QED) is 0.636. The number of hydrogen-bond donors (Lipinski definition) is 1. The van der Waals surface area contributed by atoms with Crippen LogP contribution in [-0.4, -0.2) is 41.9 Å². The van der Waals surface area contributed by atoms with Crippen molar-refractivity contribution in [1.82, 2.24) is 9.88 Å². The Kier molecular flexibility index (Phi) is 6.79. The average Bonchev–Trinajstić information content (AvgIpc) is 2.74. The van der Waals surface area contributed by atoms with E-state index < -0.39 is 0 Å². The van der Waals surface area contributed by atoms with E-state index in [0.29, 0.717) is 25.2 Å². The summed E-state index contributed by atoms with van der Waals surface area (Å²) in [7, 11) is 1.63. The lowest BCUT2D eigenvalue weighted by atomic mass is 10.1. The molecule has 0 fully saturated rings. The zero-order chi connectivity index (χ0) is 20.6. The molecule has 0 saturated carbocycles. The summed E-state index contributed by atoms with van der Waals surface area (Å²) in [6, 6.07) is 17.3. The maximum atomic E-state index is 12.4. The molecule has 0 unspecified atom stereocenters. The van der Waals surface area contributed by atoms with E-state index in [2.05, 4.69) is 10.3 Å². The van der Waals surface area contributed by atoms with Gasteiger partial charge in [0.1, 0.15) is 5.75 Å². The standard InChI is InChI=1S/C23H25N3O3/c1-17(27)26(14-11-18-6-3-9-20(16-18)29-2)15-12-22(28)25-21-10-4-7-19-8-5-13-24-23(19)21/h3-10,13,16H,11-12,14-15H2,1-2H3,(H,25,28). The fourth-order valence-electron chi connectivity index (χ4n) is 3.17. The number of nitrogens with zero attached hydrogens (tertiary/aromatic N) is 2. The van der Waals surface area contributed by atoms with E-state index in [1.807, 2.05) is 54.6 Å².